The van der Waals surface area contributed by atoms with Crippen molar-refractivity contribution in [1.82, 2.24) is 19.9 Å². The van der Waals surface area contributed by atoms with Gasteiger partial charge in [0.2, 0.25) is 5.91 Å². The van der Waals surface area contributed by atoms with E-state index in [4.69, 9.17) is 4.98 Å². The summed E-state index contributed by atoms with van der Waals surface area (Å²) >= 11 is 0. The molecule has 0 bridgehead atoms. The molecular weight excluding hydrogens is 338 g/mol. The van der Waals surface area contributed by atoms with Crippen LogP contribution in [-0.2, 0) is 4.79 Å². The Morgan fingerprint density at radius 3 is 2.37 bits per heavy atom. The Morgan fingerprint density at radius 1 is 1.00 bits per heavy atom. The second kappa shape index (κ2) is 6.95. The fraction of sp³-hybridized carbons (Fsp3) is 0.333. The van der Waals surface area contributed by atoms with Crippen LogP contribution in [0.3, 0.4) is 0 Å². The number of carbonyl (C=O) groups is 1. The minimum atomic E-state index is 0.154. The van der Waals surface area contributed by atoms with Crippen molar-refractivity contribution in [1.29, 1.82) is 0 Å². The van der Waals surface area contributed by atoms with Crippen molar-refractivity contribution in [2.45, 2.75) is 20.8 Å². The Morgan fingerprint density at radius 2 is 1.70 bits per heavy atom. The number of aryl methyl sites for hydroxylation is 2. The number of hydrogen-bond acceptors (Lipinski definition) is 5. The molecule has 6 heteroatoms. The van der Waals surface area contributed by atoms with E-state index in [1.807, 2.05) is 24.2 Å². The highest BCUT2D eigenvalue weighted by Gasteiger charge is 2.19. The van der Waals surface area contributed by atoms with Gasteiger partial charge in [0.15, 0.2) is 0 Å². The van der Waals surface area contributed by atoms with Crippen molar-refractivity contribution in [2.24, 2.45) is 0 Å². The molecule has 1 aliphatic rings. The summed E-state index contributed by atoms with van der Waals surface area (Å²) in [5.41, 5.74) is 5.15. The number of nitrogens with zero attached hydrogens (tertiary/aromatic N) is 5. The zero-order chi connectivity index (χ0) is 19.0. The predicted octanol–water partition coefficient (Wildman–Crippen LogP) is 2.98. The van der Waals surface area contributed by atoms with Gasteiger partial charge in [-0.15, -0.1) is 0 Å². The van der Waals surface area contributed by atoms with E-state index in [0.717, 1.165) is 54.2 Å². The molecule has 3 aromatic rings. The zero-order valence-corrected chi connectivity index (χ0v) is 15.9. The summed E-state index contributed by atoms with van der Waals surface area (Å²) in [6.07, 6.45) is 3.64. The van der Waals surface area contributed by atoms with Crippen molar-refractivity contribution in [3.8, 4) is 11.3 Å². The lowest BCUT2D eigenvalue weighted by Gasteiger charge is -2.35. The van der Waals surface area contributed by atoms with Crippen LogP contribution in [0.1, 0.15) is 18.3 Å². The zero-order valence-electron chi connectivity index (χ0n) is 15.9. The number of piperazine rings is 1. The highest BCUT2D eigenvalue weighted by molar-refractivity contribution is 5.88. The smallest absolute Gasteiger partial charge is 0.219 e. The second-order valence-electron chi connectivity index (χ2n) is 7.04. The van der Waals surface area contributed by atoms with Crippen LogP contribution < -0.4 is 4.90 Å². The number of fused-ring (bicyclic) bond motifs is 1. The first-order chi connectivity index (χ1) is 13.0. The molecule has 0 saturated carbocycles. The number of benzene rings is 1. The van der Waals surface area contributed by atoms with Gasteiger partial charge in [0.05, 0.1) is 11.2 Å². The van der Waals surface area contributed by atoms with Gasteiger partial charge in [0.1, 0.15) is 5.82 Å². The molecular formula is C21H23N5O. The van der Waals surface area contributed by atoms with Crippen LogP contribution in [0, 0.1) is 13.8 Å². The Bertz CT molecular complexity index is 991. The summed E-state index contributed by atoms with van der Waals surface area (Å²) in [6.45, 7) is 8.89. The molecule has 1 fully saturated rings. The number of anilines is 1. The van der Waals surface area contributed by atoms with Gasteiger partial charge in [-0.05, 0) is 43.7 Å². The van der Waals surface area contributed by atoms with E-state index in [0.29, 0.717) is 0 Å². The molecule has 0 spiro atoms. The number of amides is 1. The van der Waals surface area contributed by atoms with Gasteiger partial charge >= 0.3 is 0 Å². The Hall–Kier alpha value is -3.02. The molecule has 0 aliphatic carbocycles. The van der Waals surface area contributed by atoms with E-state index >= 15 is 0 Å². The van der Waals surface area contributed by atoms with E-state index in [-0.39, 0.29) is 5.91 Å². The third-order valence-electron chi connectivity index (χ3n) is 5.17. The molecule has 1 aliphatic heterocycles. The first kappa shape index (κ1) is 17.4. The quantitative estimate of drug-likeness (QED) is 0.702. The molecule has 6 nitrogen and oxygen atoms in total. The van der Waals surface area contributed by atoms with E-state index < -0.39 is 0 Å². The SMILES string of the molecule is CC(=O)N1CCN(c2ccc3nc(-c4cnc(C)nc4)cc(C)c3c2)CC1. The lowest BCUT2D eigenvalue weighted by molar-refractivity contribution is -0.129. The van der Waals surface area contributed by atoms with Crippen LogP contribution in [0.25, 0.3) is 22.2 Å². The molecule has 2 aromatic heterocycles. The molecule has 1 saturated heterocycles. The number of aromatic nitrogens is 3. The van der Waals surface area contributed by atoms with Crippen LogP contribution in [0.5, 0.6) is 0 Å². The molecule has 0 radical (unpaired) electrons. The maximum atomic E-state index is 11.5. The van der Waals surface area contributed by atoms with Crippen LogP contribution >= 0.6 is 0 Å². The highest BCUT2D eigenvalue weighted by atomic mass is 16.2. The van der Waals surface area contributed by atoms with Gasteiger partial charge in [0, 0.05) is 62.1 Å². The average molecular weight is 361 g/mol. The Labute approximate surface area is 158 Å². The molecule has 0 atom stereocenters. The molecule has 138 valence electrons. The number of hydrogen-bond donors (Lipinski definition) is 0. The number of rotatable bonds is 2. The second-order valence-corrected chi connectivity index (χ2v) is 7.04. The van der Waals surface area contributed by atoms with Crippen molar-refractivity contribution >= 4 is 22.5 Å². The summed E-state index contributed by atoms with van der Waals surface area (Å²) in [7, 11) is 0. The summed E-state index contributed by atoms with van der Waals surface area (Å²) in [4.78, 5) is 29.1. The predicted molar refractivity (Wildman–Crippen MR) is 107 cm³/mol. The van der Waals surface area contributed by atoms with Gasteiger partial charge < -0.3 is 9.80 Å². The first-order valence-electron chi connectivity index (χ1n) is 9.22. The van der Waals surface area contributed by atoms with Crippen LogP contribution in [-0.4, -0.2) is 51.9 Å². The molecule has 1 amide bonds. The fourth-order valence-corrected chi connectivity index (χ4v) is 3.53. The van der Waals surface area contributed by atoms with Gasteiger partial charge in [-0.2, -0.15) is 0 Å². The molecule has 1 aromatic carbocycles. The topological polar surface area (TPSA) is 62.2 Å². The van der Waals surface area contributed by atoms with E-state index in [2.05, 4.69) is 46.1 Å². The Balaban J connectivity index is 1.63. The van der Waals surface area contributed by atoms with Crippen LogP contribution in [0.15, 0.2) is 36.7 Å². The molecule has 0 unspecified atom stereocenters. The minimum Gasteiger partial charge on any atom is -0.368 e. The summed E-state index contributed by atoms with van der Waals surface area (Å²) in [5, 5.41) is 1.15. The maximum absolute atomic E-state index is 11.5. The molecule has 4 rings (SSSR count). The van der Waals surface area contributed by atoms with Crippen molar-refractivity contribution in [3.63, 3.8) is 0 Å². The lowest BCUT2D eigenvalue weighted by Crippen LogP contribution is -2.48. The van der Waals surface area contributed by atoms with Crippen LogP contribution in [0.2, 0.25) is 0 Å². The van der Waals surface area contributed by atoms with Crippen molar-refractivity contribution in [3.05, 3.63) is 48.0 Å². The van der Waals surface area contributed by atoms with Gasteiger partial charge in [-0.3, -0.25) is 4.79 Å². The van der Waals surface area contributed by atoms with E-state index in [1.165, 1.54) is 11.3 Å². The van der Waals surface area contributed by atoms with Crippen molar-refractivity contribution in [2.75, 3.05) is 31.1 Å². The maximum Gasteiger partial charge on any atom is 0.219 e. The molecule has 27 heavy (non-hydrogen) atoms. The third-order valence-corrected chi connectivity index (χ3v) is 5.17. The summed E-state index contributed by atoms with van der Waals surface area (Å²) in [6, 6.07) is 8.49. The lowest BCUT2D eigenvalue weighted by atomic mass is 10.1. The molecule has 3 heterocycles. The minimum absolute atomic E-state index is 0.154. The highest BCUT2D eigenvalue weighted by Crippen LogP contribution is 2.28. The Kier molecular flexibility index (Phi) is 4.48. The fourth-order valence-electron chi connectivity index (χ4n) is 3.53. The average Bonchev–Trinajstić information content (AvgIpc) is 2.68. The summed E-state index contributed by atoms with van der Waals surface area (Å²) in [5.74, 6) is 0.909. The van der Waals surface area contributed by atoms with Gasteiger partial charge in [-0.25, -0.2) is 15.0 Å². The van der Waals surface area contributed by atoms with Gasteiger partial charge in [-0.1, -0.05) is 0 Å². The summed E-state index contributed by atoms with van der Waals surface area (Å²) < 4.78 is 0. The van der Waals surface area contributed by atoms with E-state index in [1.54, 1.807) is 6.92 Å². The molecule has 0 N–H and O–H groups in total. The first-order valence-corrected chi connectivity index (χ1v) is 9.22. The van der Waals surface area contributed by atoms with Gasteiger partial charge in [0.25, 0.3) is 0 Å². The number of carbonyl (C=O) groups excluding carboxylic acids is 1. The monoisotopic (exact) mass is 361 g/mol. The third kappa shape index (κ3) is 3.47. The van der Waals surface area contributed by atoms with Crippen LogP contribution in [0.4, 0.5) is 5.69 Å². The normalized spacial score (nSPS) is 14.6. The largest absolute Gasteiger partial charge is 0.368 e. The standard InChI is InChI=1S/C21H23N5O/c1-14-10-21(17-12-22-15(2)23-13-17)24-20-5-4-18(11-19(14)20)26-8-6-25(7-9-26)16(3)27/h4-5,10-13H,6-9H2,1-3H3. The number of pyridine rings is 1. The van der Waals surface area contributed by atoms with Crippen molar-refractivity contribution < 1.29 is 4.79 Å². The van der Waals surface area contributed by atoms with E-state index in [9.17, 15) is 4.79 Å².